The number of para-hydroxylation sites is 1. The highest BCUT2D eigenvalue weighted by Crippen LogP contribution is 2.26. The third kappa shape index (κ3) is 1.41. The molecule has 0 amide bonds. The van der Waals surface area contributed by atoms with E-state index in [1.807, 2.05) is 6.07 Å². The van der Waals surface area contributed by atoms with Crippen LogP contribution in [0.25, 0.3) is 16.5 Å². The van der Waals surface area contributed by atoms with Crippen molar-refractivity contribution in [3.05, 3.63) is 42.7 Å². The SMILES string of the molecule is C=C(c1cc2ccccc2o1)C(F)F. The number of allylic oxidation sites excluding steroid dienone is 1. The number of rotatable bonds is 2. The summed E-state index contributed by atoms with van der Waals surface area (Å²) in [5.74, 6) is 0.154. The van der Waals surface area contributed by atoms with Crippen molar-refractivity contribution in [2.45, 2.75) is 6.43 Å². The van der Waals surface area contributed by atoms with Crippen LogP contribution in [-0.4, -0.2) is 6.43 Å². The Morgan fingerprint density at radius 1 is 1.29 bits per heavy atom. The summed E-state index contributed by atoms with van der Waals surface area (Å²) in [7, 11) is 0. The molecule has 1 aromatic carbocycles. The van der Waals surface area contributed by atoms with Gasteiger partial charge >= 0.3 is 0 Å². The summed E-state index contributed by atoms with van der Waals surface area (Å²) in [5.41, 5.74) is 0.325. The second-order valence-electron chi connectivity index (χ2n) is 2.97. The van der Waals surface area contributed by atoms with Crippen LogP contribution in [-0.2, 0) is 0 Å². The number of hydrogen-bond acceptors (Lipinski definition) is 1. The fourth-order valence-corrected chi connectivity index (χ4v) is 1.25. The number of furan rings is 1. The van der Waals surface area contributed by atoms with Crippen molar-refractivity contribution in [2.75, 3.05) is 0 Å². The van der Waals surface area contributed by atoms with Gasteiger partial charge in [0.05, 0.1) is 5.57 Å². The van der Waals surface area contributed by atoms with Gasteiger partial charge in [-0.25, -0.2) is 8.78 Å². The Morgan fingerprint density at radius 3 is 2.64 bits per heavy atom. The van der Waals surface area contributed by atoms with Crippen molar-refractivity contribution in [3.8, 4) is 0 Å². The maximum Gasteiger partial charge on any atom is 0.266 e. The predicted octanol–water partition coefficient (Wildman–Crippen LogP) is 3.71. The van der Waals surface area contributed by atoms with E-state index >= 15 is 0 Å². The summed E-state index contributed by atoms with van der Waals surface area (Å²) in [5, 5.41) is 0.810. The minimum atomic E-state index is -2.57. The van der Waals surface area contributed by atoms with Gasteiger partial charge in [-0.05, 0) is 12.1 Å². The normalized spacial score (nSPS) is 11.1. The molecule has 72 valence electrons. The van der Waals surface area contributed by atoms with Crippen molar-refractivity contribution < 1.29 is 13.2 Å². The van der Waals surface area contributed by atoms with Crippen LogP contribution >= 0.6 is 0 Å². The number of halogens is 2. The van der Waals surface area contributed by atoms with E-state index in [0.29, 0.717) is 5.58 Å². The summed E-state index contributed by atoms with van der Waals surface area (Å²) in [4.78, 5) is 0. The van der Waals surface area contributed by atoms with Crippen LogP contribution in [0.15, 0.2) is 41.3 Å². The van der Waals surface area contributed by atoms with Crippen molar-refractivity contribution in [2.24, 2.45) is 0 Å². The second kappa shape index (κ2) is 3.25. The monoisotopic (exact) mass is 194 g/mol. The van der Waals surface area contributed by atoms with Crippen LogP contribution in [0.3, 0.4) is 0 Å². The van der Waals surface area contributed by atoms with E-state index in [9.17, 15) is 8.78 Å². The maximum absolute atomic E-state index is 12.3. The van der Waals surface area contributed by atoms with Gasteiger partial charge in [-0.15, -0.1) is 0 Å². The minimum absolute atomic E-state index is 0.154. The molecule has 1 aromatic heterocycles. The Hall–Kier alpha value is -1.64. The summed E-state index contributed by atoms with van der Waals surface area (Å²) >= 11 is 0. The Balaban J connectivity index is 2.50. The van der Waals surface area contributed by atoms with Crippen molar-refractivity contribution in [1.29, 1.82) is 0 Å². The molecule has 2 rings (SSSR count). The number of benzene rings is 1. The second-order valence-corrected chi connectivity index (χ2v) is 2.97. The first-order valence-corrected chi connectivity index (χ1v) is 4.14. The highest BCUT2D eigenvalue weighted by atomic mass is 19.3. The van der Waals surface area contributed by atoms with Crippen LogP contribution in [0.5, 0.6) is 0 Å². The molecule has 0 saturated heterocycles. The average Bonchev–Trinajstić information content (AvgIpc) is 2.59. The molecule has 0 atom stereocenters. The average molecular weight is 194 g/mol. The number of hydrogen-bond donors (Lipinski definition) is 0. The van der Waals surface area contributed by atoms with Gasteiger partial charge in [0.2, 0.25) is 0 Å². The molecule has 0 aliphatic carbocycles. The molecule has 1 heterocycles. The molecule has 0 spiro atoms. The Morgan fingerprint density at radius 2 is 2.00 bits per heavy atom. The van der Waals surface area contributed by atoms with E-state index in [0.717, 1.165) is 5.39 Å². The third-order valence-electron chi connectivity index (χ3n) is 2.01. The van der Waals surface area contributed by atoms with Crippen molar-refractivity contribution in [3.63, 3.8) is 0 Å². The van der Waals surface area contributed by atoms with Crippen molar-refractivity contribution in [1.82, 2.24) is 0 Å². The lowest BCUT2D eigenvalue weighted by Crippen LogP contribution is -1.91. The van der Waals surface area contributed by atoms with Gasteiger partial charge in [0, 0.05) is 5.39 Å². The quantitative estimate of drug-likeness (QED) is 0.710. The van der Waals surface area contributed by atoms with E-state index in [1.54, 1.807) is 24.3 Å². The maximum atomic E-state index is 12.3. The van der Waals surface area contributed by atoms with Gasteiger partial charge in [0.15, 0.2) is 0 Å². The number of alkyl halides is 2. The Kier molecular flexibility index (Phi) is 2.08. The van der Waals surface area contributed by atoms with Crippen molar-refractivity contribution >= 4 is 16.5 Å². The molecule has 3 heteroatoms. The van der Waals surface area contributed by atoms with Gasteiger partial charge in [0.25, 0.3) is 6.43 Å². The first kappa shape index (κ1) is 8.94. The first-order valence-electron chi connectivity index (χ1n) is 4.14. The van der Waals surface area contributed by atoms with Crippen LogP contribution in [0, 0.1) is 0 Å². The highest BCUT2D eigenvalue weighted by molar-refractivity contribution is 5.81. The zero-order valence-electron chi connectivity index (χ0n) is 7.34. The topological polar surface area (TPSA) is 13.1 Å². The molecule has 0 unspecified atom stereocenters. The van der Waals surface area contributed by atoms with Crippen LogP contribution < -0.4 is 0 Å². The van der Waals surface area contributed by atoms with E-state index in [-0.39, 0.29) is 11.3 Å². The largest absolute Gasteiger partial charge is 0.456 e. The lowest BCUT2D eigenvalue weighted by Gasteiger charge is -1.97. The zero-order chi connectivity index (χ0) is 10.1. The fraction of sp³-hybridized carbons (Fsp3) is 0.0909. The molecule has 0 bridgehead atoms. The van der Waals surface area contributed by atoms with E-state index in [1.165, 1.54) is 0 Å². The van der Waals surface area contributed by atoms with E-state index in [4.69, 9.17) is 4.42 Å². The molecule has 2 aromatic rings. The zero-order valence-corrected chi connectivity index (χ0v) is 7.34. The molecular formula is C11H8F2O. The smallest absolute Gasteiger partial charge is 0.266 e. The molecule has 0 aliphatic rings. The van der Waals surface area contributed by atoms with Gasteiger partial charge < -0.3 is 4.42 Å². The number of fused-ring (bicyclic) bond motifs is 1. The first-order chi connectivity index (χ1) is 6.68. The van der Waals surface area contributed by atoms with Gasteiger partial charge in [0.1, 0.15) is 11.3 Å². The predicted molar refractivity (Wildman–Crippen MR) is 51.3 cm³/mol. The van der Waals surface area contributed by atoms with Crippen LogP contribution in [0.4, 0.5) is 8.78 Å². The Bertz CT molecular complexity index is 438. The molecule has 0 radical (unpaired) electrons. The lowest BCUT2D eigenvalue weighted by atomic mass is 10.2. The third-order valence-corrected chi connectivity index (χ3v) is 2.01. The van der Waals surface area contributed by atoms with Gasteiger partial charge in [-0.2, -0.15) is 0 Å². The van der Waals surface area contributed by atoms with Crippen LogP contribution in [0.2, 0.25) is 0 Å². The summed E-state index contributed by atoms with van der Waals surface area (Å²) in [6.07, 6.45) is -2.57. The fourth-order valence-electron chi connectivity index (χ4n) is 1.25. The Labute approximate surface area is 79.6 Å². The van der Waals surface area contributed by atoms with Gasteiger partial charge in [-0.3, -0.25) is 0 Å². The minimum Gasteiger partial charge on any atom is -0.456 e. The molecule has 0 fully saturated rings. The van der Waals surface area contributed by atoms with E-state index < -0.39 is 6.43 Å². The molecule has 14 heavy (non-hydrogen) atoms. The summed E-state index contributed by atoms with van der Waals surface area (Å²) in [6, 6.07) is 8.73. The van der Waals surface area contributed by atoms with Crippen LogP contribution in [0.1, 0.15) is 5.76 Å². The molecule has 0 aliphatic heterocycles. The summed E-state index contributed by atoms with van der Waals surface area (Å²) in [6.45, 7) is 3.28. The molecule has 0 saturated carbocycles. The standard InChI is InChI=1S/C11H8F2O/c1-7(11(12)13)10-6-8-4-2-3-5-9(8)14-10/h2-6,11H,1H2. The van der Waals surface area contributed by atoms with E-state index in [2.05, 4.69) is 6.58 Å². The molecule has 1 nitrogen and oxygen atoms in total. The lowest BCUT2D eigenvalue weighted by molar-refractivity contribution is 0.213. The molecular weight excluding hydrogens is 186 g/mol. The molecule has 0 N–H and O–H groups in total. The highest BCUT2D eigenvalue weighted by Gasteiger charge is 2.14. The van der Waals surface area contributed by atoms with Gasteiger partial charge in [-0.1, -0.05) is 24.8 Å². The summed E-state index contributed by atoms with van der Waals surface area (Å²) < 4.78 is 29.8.